The van der Waals surface area contributed by atoms with Crippen LogP contribution in [0.3, 0.4) is 0 Å². The number of benzene rings is 2. The first-order valence-electron chi connectivity index (χ1n) is 10.6. The number of hydrogen-bond acceptors (Lipinski definition) is 6. The molecule has 1 amide bonds. The SMILES string of the molecule is N#Cc1ccc(COCC2CCN(CC(=O)Nc3cccc(F)c3)CC2)cc1.O=C(O)C(=O)O. The number of carbonyl (C=O) groups excluding carboxylic acids is 1. The molecule has 180 valence electrons. The van der Waals surface area contributed by atoms with Crippen LogP contribution in [0.4, 0.5) is 10.1 Å². The molecule has 0 spiro atoms. The van der Waals surface area contributed by atoms with E-state index in [1.54, 1.807) is 24.3 Å². The molecule has 1 aliphatic heterocycles. The average molecular weight is 471 g/mol. The Morgan fingerprint density at radius 1 is 1.09 bits per heavy atom. The molecule has 0 radical (unpaired) electrons. The maximum absolute atomic E-state index is 13.2. The van der Waals surface area contributed by atoms with Crippen molar-refractivity contribution in [2.45, 2.75) is 19.4 Å². The fourth-order valence-electron chi connectivity index (χ4n) is 3.30. The molecule has 1 heterocycles. The summed E-state index contributed by atoms with van der Waals surface area (Å²) in [5.74, 6) is -3.65. The molecule has 0 aromatic heterocycles. The van der Waals surface area contributed by atoms with E-state index in [-0.39, 0.29) is 11.7 Å². The Kier molecular flexibility index (Phi) is 10.6. The minimum Gasteiger partial charge on any atom is -0.473 e. The van der Waals surface area contributed by atoms with Gasteiger partial charge in [-0.2, -0.15) is 5.26 Å². The number of hydrogen-bond donors (Lipinski definition) is 3. The highest BCUT2D eigenvalue weighted by Gasteiger charge is 2.21. The van der Waals surface area contributed by atoms with Crippen LogP contribution >= 0.6 is 0 Å². The van der Waals surface area contributed by atoms with Crippen LogP contribution in [0.15, 0.2) is 48.5 Å². The van der Waals surface area contributed by atoms with Gasteiger partial charge in [0.05, 0.1) is 24.8 Å². The number of likely N-dealkylation sites (tertiary alicyclic amines) is 1. The lowest BCUT2D eigenvalue weighted by Gasteiger charge is -2.31. The summed E-state index contributed by atoms with van der Waals surface area (Å²) in [7, 11) is 0. The quantitative estimate of drug-likeness (QED) is 0.524. The van der Waals surface area contributed by atoms with Crippen LogP contribution in [0.25, 0.3) is 0 Å². The molecule has 0 bridgehead atoms. The molecule has 3 N–H and O–H groups in total. The van der Waals surface area contributed by atoms with E-state index in [9.17, 15) is 9.18 Å². The van der Waals surface area contributed by atoms with Gasteiger partial charge in [0, 0.05) is 12.3 Å². The van der Waals surface area contributed by atoms with Crippen molar-refractivity contribution in [2.24, 2.45) is 5.92 Å². The fourth-order valence-corrected chi connectivity index (χ4v) is 3.30. The molecule has 0 unspecified atom stereocenters. The number of piperidine rings is 1. The van der Waals surface area contributed by atoms with E-state index in [0.717, 1.165) is 31.5 Å². The highest BCUT2D eigenvalue weighted by Crippen LogP contribution is 2.18. The molecule has 0 aliphatic carbocycles. The van der Waals surface area contributed by atoms with Crippen LogP contribution in [0.1, 0.15) is 24.0 Å². The van der Waals surface area contributed by atoms with E-state index in [2.05, 4.69) is 16.3 Å². The van der Waals surface area contributed by atoms with Gasteiger partial charge in [-0.05, 0) is 67.7 Å². The number of anilines is 1. The maximum atomic E-state index is 13.2. The number of carboxylic acids is 2. The molecule has 3 rings (SSSR count). The van der Waals surface area contributed by atoms with Gasteiger partial charge < -0.3 is 20.3 Å². The summed E-state index contributed by atoms with van der Waals surface area (Å²) >= 11 is 0. The van der Waals surface area contributed by atoms with Gasteiger partial charge in [-0.25, -0.2) is 14.0 Å². The van der Waals surface area contributed by atoms with E-state index in [0.29, 0.717) is 36.9 Å². The molecule has 0 atom stereocenters. The van der Waals surface area contributed by atoms with Crippen LogP contribution < -0.4 is 5.32 Å². The molecular weight excluding hydrogens is 445 g/mol. The number of ether oxygens (including phenoxy) is 1. The van der Waals surface area contributed by atoms with Crippen molar-refractivity contribution in [2.75, 3.05) is 31.6 Å². The number of nitrogens with one attached hydrogen (secondary N) is 1. The third kappa shape index (κ3) is 9.77. The van der Waals surface area contributed by atoms with Crippen LogP contribution in [0, 0.1) is 23.1 Å². The van der Waals surface area contributed by atoms with E-state index in [1.807, 2.05) is 12.1 Å². The Hall–Kier alpha value is -3.81. The Bertz CT molecular complexity index is 1000. The third-order valence-electron chi connectivity index (χ3n) is 5.07. The second kappa shape index (κ2) is 13.7. The summed E-state index contributed by atoms with van der Waals surface area (Å²) < 4.78 is 19.0. The van der Waals surface area contributed by atoms with Crippen molar-refractivity contribution >= 4 is 23.5 Å². The minimum absolute atomic E-state index is 0.124. The van der Waals surface area contributed by atoms with E-state index < -0.39 is 11.9 Å². The van der Waals surface area contributed by atoms with E-state index >= 15 is 0 Å². The lowest BCUT2D eigenvalue weighted by atomic mass is 9.98. The number of nitrogens with zero attached hydrogens (tertiary/aromatic N) is 2. The summed E-state index contributed by atoms with van der Waals surface area (Å²) in [5, 5.41) is 26.3. The van der Waals surface area contributed by atoms with Gasteiger partial charge in [0.1, 0.15) is 5.82 Å². The number of nitriles is 1. The molecule has 1 fully saturated rings. The predicted molar refractivity (Wildman–Crippen MR) is 120 cm³/mol. The monoisotopic (exact) mass is 471 g/mol. The lowest BCUT2D eigenvalue weighted by Crippen LogP contribution is -2.40. The molecule has 0 saturated carbocycles. The molecule has 9 nitrogen and oxygen atoms in total. The number of carboxylic acid groups (broad SMARTS) is 2. The van der Waals surface area contributed by atoms with Crippen molar-refractivity contribution in [1.82, 2.24) is 4.90 Å². The second-order valence-corrected chi connectivity index (χ2v) is 7.71. The number of aliphatic carboxylic acids is 2. The van der Waals surface area contributed by atoms with Crippen molar-refractivity contribution in [3.8, 4) is 6.07 Å². The van der Waals surface area contributed by atoms with Gasteiger partial charge in [-0.3, -0.25) is 9.69 Å². The number of rotatable bonds is 7. The predicted octanol–water partition coefficient (Wildman–Crippen LogP) is 2.72. The van der Waals surface area contributed by atoms with E-state index in [4.69, 9.17) is 29.8 Å². The Balaban J connectivity index is 0.000000604. The zero-order valence-corrected chi connectivity index (χ0v) is 18.4. The molecule has 1 aliphatic rings. The maximum Gasteiger partial charge on any atom is 0.414 e. The highest BCUT2D eigenvalue weighted by molar-refractivity contribution is 6.27. The van der Waals surface area contributed by atoms with Crippen molar-refractivity contribution in [1.29, 1.82) is 5.26 Å². The van der Waals surface area contributed by atoms with Gasteiger partial charge in [0.15, 0.2) is 0 Å². The second-order valence-electron chi connectivity index (χ2n) is 7.71. The van der Waals surface area contributed by atoms with E-state index in [1.165, 1.54) is 12.1 Å². The number of carbonyl (C=O) groups is 3. The summed E-state index contributed by atoms with van der Waals surface area (Å²) in [6.07, 6.45) is 1.97. The first-order valence-corrected chi connectivity index (χ1v) is 10.6. The van der Waals surface area contributed by atoms with Crippen LogP contribution in [-0.4, -0.2) is 59.2 Å². The zero-order chi connectivity index (χ0) is 24.9. The smallest absolute Gasteiger partial charge is 0.414 e. The van der Waals surface area contributed by atoms with Gasteiger partial charge in [-0.1, -0.05) is 18.2 Å². The van der Waals surface area contributed by atoms with Crippen molar-refractivity contribution in [3.63, 3.8) is 0 Å². The van der Waals surface area contributed by atoms with Crippen LogP contribution in [0.2, 0.25) is 0 Å². The van der Waals surface area contributed by atoms with Crippen LogP contribution in [0.5, 0.6) is 0 Å². The zero-order valence-electron chi connectivity index (χ0n) is 18.4. The molecule has 10 heteroatoms. The Morgan fingerprint density at radius 3 is 2.29 bits per heavy atom. The lowest BCUT2D eigenvalue weighted by molar-refractivity contribution is -0.159. The fraction of sp³-hybridized carbons (Fsp3) is 0.333. The molecule has 34 heavy (non-hydrogen) atoms. The van der Waals surface area contributed by atoms with Gasteiger partial charge in [0.2, 0.25) is 5.91 Å². The topological polar surface area (TPSA) is 140 Å². The Labute approximate surface area is 196 Å². The molecular formula is C24H26FN3O6. The first-order chi connectivity index (χ1) is 16.3. The number of amides is 1. The summed E-state index contributed by atoms with van der Waals surface area (Å²) in [5.41, 5.74) is 2.19. The highest BCUT2D eigenvalue weighted by atomic mass is 19.1. The molecule has 2 aromatic carbocycles. The van der Waals surface area contributed by atoms with Crippen LogP contribution in [-0.2, 0) is 25.7 Å². The molecule has 1 saturated heterocycles. The standard InChI is InChI=1S/C22H24FN3O2.C2H2O4/c23-20-2-1-3-21(12-20)25-22(27)14-26-10-8-19(9-11-26)16-28-15-18-6-4-17(13-24)5-7-18;3-1(4)2(5)6/h1-7,12,19H,8-11,14-16H2,(H,25,27);(H,3,4)(H,5,6). The number of halogens is 1. The minimum atomic E-state index is -1.82. The Morgan fingerprint density at radius 2 is 1.74 bits per heavy atom. The molecule has 2 aromatic rings. The largest absolute Gasteiger partial charge is 0.473 e. The summed E-state index contributed by atoms with van der Waals surface area (Å²) in [6.45, 7) is 3.25. The van der Waals surface area contributed by atoms with Crippen molar-refractivity contribution < 1.29 is 33.7 Å². The van der Waals surface area contributed by atoms with Gasteiger partial charge in [-0.15, -0.1) is 0 Å². The van der Waals surface area contributed by atoms with Crippen molar-refractivity contribution in [3.05, 3.63) is 65.5 Å². The summed E-state index contributed by atoms with van der Waals surface area (Å²) in [4.78, 5) is 32.4. The normalized spacial score (nSPS) is 13.8. The van der Waals surface area contributed by atoms with Gasteiger partial charge in [0.25, 0.3) is 0 Å². The van der Waals surface area contributed by atoms with Gasteiger partial charge >= 0.3 is 11.9 Å². The summed E-state index contributed by atoms with van der Waals surface area (Å²) in [6, 6.07) is 15.5. The first kappa shape index (κ1) is 26.4. The average Bonchev–Trinajstić information content (AvgIpc) is 2.81. The third-order valence-corrected chi connectivity index (χ3v) is 5.07.